The van der Waals surface area contributed by atoms with E-state index in [9.17, 15) is 0 Å². The van der Waals surface area contributed by atoms with Crippen molar-refractivity contribution >= 4 is 65.3 Å². The lowest BCUT2D eigenvalue weighted by atomic mass is 9.94. The van der Waals surface area contributed by atoms with Crippen molar-refractivity contribution in [3.63, 3.8) is 0 Å². The Hall–Kier alpha value is -4.84. The van der Waals surface area contributed by atoms with Crippen LogP contribution in [-0.4, -0.2) is 29.9 Å². The lowest BCUT2D eigenvalue weighted by molar-refractivity contribution is 1.17. The molecule has 0 radical (unpaired) electrons. The first-order valence-electron chi connectivity index (χ1n) is 12.0. The van der Waals surface area contributed by atoms with Gasteiger partial charge in [-0.05, 0) is 66.1 Å². The number of rotatable bonds is 1. The summed E-state index contributed by atoms with van der Waals surface area (Å²) >= 11 is 0. The molecule has 0 fully saturated rings. The van der Waals surface area contributed by atoms with Crippen LogP contribution in [0.4, 0.5) is 0 Å². The zero-order valence-electron chi connectivity index (χ0n) is 19.7. The quantitative estimate of drug-likeness (QED) is 0.253. The molecule has 4 aromatic heterocycles. The molecule has 4 aromatic carbocycles. The number of aromatic nitrogens is 6. The molecule has 6 nitrogen and oxygen atoms in total. The number of benzene rings is 4. The number of fused-ring (bicyclic) bond motifs is 12. The highest BCUT2D eigenvalue weighted by Crippen LogP contribution is 2.38. The van der Waals surface area contributed by atoms with Crippen molar-refractivity contribution in [3.05, 3.63) is 84.8 Å². The van der Waals surface area contributed by atoms with Crippen LogP contribution in [0.15, 0.2) is 73.2 Å². The lowest BCUT2D eigenvalue weighted by Gasteiger charge is -2.11. The molecule has 0 spiro atoms. The first-order valence-corrected chi connectivity index (χ1v) is 12.0. The van der Waals surface area contributed by atoms with Crippen molar-refractivity contribution in [1.82, 2.24) is 29.9 Å². The molecule has 2 N–H and O–H groups in total. The predicted octanol–water partition coefficient (Wildman–Crippen LogP) is 7.13. The van der Waals surface area contributed by atoms with Gasteiger partial charge in [0.2, 0.25) is 0 Å². The summed E-state index contributed by atoms with van der Waals surface area (Å²) in [6, 6.07) is 19.5. The number of nitrogens with one attached hydrogen (secondary N) is 2. The van der Waals surface area contributed by atoms with Crippen LogP contribution in [-0.2, 0) is 0 Å². The van der Waals surface area contributed by atoms with Gasteiger partial charge in [-0.25, -0.2) is 9.97 Å². The molecular weight excluding hydrogens is 444 g/mol. The molecule has 0 bridgehead atoms. The second kappa shape index (κ2) is 6.86. The smallest absolute Gasteiger partial charge is 0.104 e. The van der Waals surface area contributed by atoms with Gasteiger partial charge in [-0.3, -0.25) is 9.97 Å². The van der Waals surface area contributed by atoms with E-state index in [1.807, 2.05) is 38.5 Å². The summed E-state index contributed by atoms with van der Waals surface area (Å²) in [6.45, 7) is 3.99. The van der Waals surface area contributed by atoms with Crippen molar-refractivity contribution in [2.45, 2.75) is 13.8 Å². The van der Waals surface area contributed by atoms with E-state index in [0.29, 0.717) is 0 Å². The summed E-state index contributed by atoms with van der Waals surface area (Å²) in [7, 11) is 0. The number of aryl methyl sites for hydroxylation is 2. The molecule has 0 saturated carbocycles. The van der Waals surface area contributed by atoms with E-state index >= 15 is 0 Å². The molecule has 170 valence electrons. The molecule has 0 aliphatic carbocycles. The fraction of sp³-hybridized carbons (Fsp3) is 0.0667. The van der Waals surface area contributed by atoms with Crippen LogP contribution in [0.25, 0.3) is 76.4 Å². The van der Waals surface area contributed by atoms with Gasteiger partial charge in [0.1, 0.15) is 11.6 Å². The van der Waals surface area contributed by atoms with Crippen molar-refractivity contribution in [2.24, 2.45) is 0 Å². The average molecular weight is 465 g/mol. The Labute approximate surface area is 205 Å². The van der Waals surface area contributed by atoms with E-state index in [-0.39, 0.29) is 0 Å². The highest BCUT2D eigenvalue weighted by Gasteiger charge is 2.15. The predicted molar refractivity (Wildman–Crippen MR) is 146 cm³/mol. The maximum atomic E-state index is 4.76. The summed E-state index contributed by atoms with van der Waals surface area (Å²) in [5, 5.41) is 7.88. The number of hydrogen-bond acceptors (Lipinski definition) is 4. The summed E-state index contributed by atoms with van der Waals surface area (Å²) in [4.78, 5) is 25.6. The van der Waals surface area contributed by atoms with Gasteiger partial charge in [0, 0.05) is 45.5 Å². The molecule has 0 atom stereocenters. The van der Waals surface area contributed by atoms with Gasteiger partial charge in [0.05, 0.1) is 27.6 Å². The average Bonchev–Trinajstić information content (AvgIpc) is 3.51. The Balaban J connectivity index is 1.45. The van der Waals surface area contributed by atoms with Gasteiger partial charge in [-0.2, -0.15) is 0 Å². The lowest BCUT2D eigenvalue weighted by Crippen LogP contribution is -1.88. The monoisotopic (exact) mass is 464 g/mol. The molecule has 0 unspecified atom stereocenters. The fourth-order valence-electron chi connectivity index (χ4n) is 5.69. The van der Waals surface area contributed by atoms with Crippen LogP contribution < -0.4 is 0 Å². The molecule has 4 heterocycles. The fourth-order valence-corrected chi connectivity index (χ4v) is 5.69. The Kier molecular flexibility index (Phi) is 3.71. The highest BCUT2D eigenvalue weighted by molar-refractivity contribution is 6.24. The third-order valence-electron chi connectivity index (χ3n) is 7.24. The molecule has 0 saturated heterocycles. The zero-order chi connectivity index (χ0) is 24.0. The Morgan fingerprint density at radius 2 is 1.22 bits per heavy atom. The number of aromatic amines is 2. The summed E-state index contributed by atoms with van der Waals surface area (Å²) in [5.41, 5.74) is 7.33. The van der Waals surface area contributed by atoms with Crippen LogP contribution in [0.5, 0.6) is 0 Å². The summed E-state index contributed by atoms with van der Waals surface area (Å²) in [6.07, 6.45) is 5.62. The third-order valence-corrected chi connectivity index (χ3v) is 7.24. The molecule has 0 aliphatic heterocycles. The van der Waals surface area contributed by atoms with Gasteiger partial charge in [-0.1, -0.05) is 24.3 Å². The van der Waals surface area contributed by atoms with Crippen molar-refractivity contribution in [3.8, 4) is 11.1 Å². The maximum Gasteiger partial charge on any atom is 0.104 e. The molecule has 8 aromatic rings. The second-order valence-corrected chi connectivity index (χ2v) is 9.43. The number of pyridine rings is 2. The van der Waals surface area contributed by atoms with E-state index < -0.39 is 0 Å². The SMILES string of the molecule is Cc1nc2c3cnccc3c3cc(-c4ccc5c(c4)c4ncccc4c4nc(C)[nH]c54)ccc3c2[nH]1. The highest BCUT2D eigenvalue weighted by atomic mass is 14.9. The minimum Gasteiger partial charge on any atom is -0.342 e. The Morgan fingerprint density at radius 1 is 0.556 bits per heavy atom. The summed E-state index contributed by atoms with van der Waals surface area (Å²) in [5.74, 6) is 1.81. The van der Waals surface area contributed by atoms with Crippen molar-refractivity contribution < 1.29 is 0 Å². The minimum atomic E-state index is 0.904. The topological polar surface area (TPSA) is 83.1 Å². The van der Waals surface area contributed by atoms with Crippen LogP contribution in [0, 0.1) is 13.8 Å². The van der Waals surface area contributed by atoms with E-state index in [2.05, 4.69) is 63.5 Å². The van der Waals surface area contributed by atoms with Crippen LogP contribution in [0.1, 0.15) is 11.6 Å². The van der Waals surface area contributed by atoms with Crippen LogP contribution in [0.3, 0.4) is 0 Å². The van der Waals surface area contributed by atoms with Gasteiger partial charge in [-0.15, -0.1) is 0 Å². The molecular formula is C30H20N6. The Morgan fingerprint density at radius 3 is 1.97 bits per heavy atom. The Bertz CT molecular complexity index is 2030. The normalized spacial score (nSPS) is 12.2. The third kappa shape index (κ3) is 2.55. The van der Waals surface area contributed by atoms with E-state index in [4.69, 9.17) is 15.0 Å². The van der Waals surface area contributed by atoms with Crippen molar-refractivity contribution in [1.29, 1.82) is 0 Å². The van der Waals surface area contributed by atoms with Gasteiger partial charge in [0.25, 0.3) is 0 Å². The standard InChI is InChI=1S/C30H20N6/c1-15-34-28-21-8-6-18(13-24(21)26-22(29(28)35-15)4-3-10-32-26)17-5-7-20-23(12-17)19-9-11-31-14-25(19)30-27(20)33-16(2)36-30/h3-14H,1-2H3,(H,33,36)(H,34,35). The first kappa shape index (κ1) is 19.5. The van der Waals surface area contributed by atoms with E-state index in [1.54, 1.807) is 0 Å². The number of hydrogen-bond donors (Lipinski definition) is 2. The van der Waals surface area contributed by atoms with Gasteiger partial charge >= 0.3 is 0 Å². The molecule has 36 heavy (non-hydrogen) atoms. The molecule has 8 rings (SSSR count). The van der Waals surface area contributed by atoms with Gasteiger partial charge < -0.3 is 9.97 Å². The molecule has 0 aliphatic rings. The van der Waals surface area contributed by atoms with Crippen LogP contribution in [0.2, 0.25) is 0 Å². The zero-order valence-corrected chi connectivity index (χ0v) is 19.7. The second-order valence-electron chi connectivity index (χ2n) is 9.43. The number of nitrogens with zero attached hydrogens (tertiary/aromatic N) is 4. The molecule has 6 heteroatoms. The number of imidazole rings is 2. The molecule has 0 amide bonds. The van der Waals surface area contributed by atoms with Crippen LogP contribution >= 0.6 is 0 Å². The number of H-pyrrole nitrogens is 2. The van der Waals surface area contributed by atoms with Crippen molar-refractivity contribution in [2.75, 3.05) is 0 Å². The minimum absolute atomic E-state index is 0.904. The van der Waals surface area contributed by atoms with Gasteiger partial charge in [0.15, 0.2) is 0 Å². The van der Waals surface area contributed by atoms with E-state index in [1.165, 1.54) is 5.39 Å². The first-order chi connectivity index (χ1) is 17.7. The summed E-state index contributed by atoms with van der Waals surface area (Å²) < 4.78 is 0. The largest absolute Gasteiger partial charge is 0.342 e. The maximum absolute atomic E-state index is 4.76. The van der Waals surface area contributed by atoms with E-state index in [0.717, 1.165) is 82.7 Å².